The number of likely N-dealkylation sites (tertiary alicyclic amines) is 1. The van der Waals surface area contributed by atoms with E-state index in [0.29, 0.717) is 19.4 Å². The van der Waals surface area contributed by atoms with Gasteiger partial charge in [0.05, 0.1) is 6.54 Å². The Hall–Kier alpha value is -2.57. The molecule has 1 heterocycles. The summed E-state index contributed by atoms with van der Waals surface area (Å²) in [4.78, 5) is 30.1. The summed E-state index contributed by atoms with van der Waals surface area (Å²) >= 11 is 0. The van der Waals surface area contributed by atoms with E-state index in [1.54, 1.807) is 0 Å². The normalized spacial score (nSPS) is 16.8. The fourth-order valence-electron chi connectivity index (χ4n) is 3.16. The smallest absolute Gasteiger partial charge is 0.224 e. The number of hydrogen-bond donors (Lipinski definition) is 3. The highest BCUT2D eigenvalue weighted by atomic mass is 16.2. The van der Waals surface area contributed by atoms with Gasteiger partial charge < -0.3 is 20.9 Å². The fourth-order valence-corrected chi connectivity index (χ4v) is 3.16. The van der Waals surface area contributed by atoms with Crippen molar-refractivity contribution < 1.29 is 9.59 Å². The number of carbonyl (C=O) groups is 2. The molecule has 0 aliphatic carbocycles. The van der Waals surface area contributed by atoms with E-state index in [-0.39, 0.29) is 17.9 Å². The van der Waals surface area contributed by atoms with Gasteiger partial charge in [0.2, 0.25) is 11.8 Å². The highest BCUT2D eigenvalue weighted by molar-refractivity contribution is 5.90. The zero-order chi connectivity index (χ0) is 20.4. The van der Waals surface area contributed by atoms with Crippen LogP contribution in [0.1, 0.15) is 52.0 Å². The van der Waals surface area contributed by atoms with Crippen LogP contribution in [-0.4, -0.2) is 48.3 Å². The quantitative estimate of drug-likeness (QED) is 0.473. The fraction of sp³-hybridized carbons (Fsp3) is 0.571. The first kappa shape index (κ1) is 21.7. The average molecular weight is 388 g/mol. The van der Waals surface area contributed by atoms with E-state index in [9.17, 15) is 9.59 Å². The summed E-state index contributed by atoms with van der Waals surface area (Å²) in [5, 5.41) is 9.59. The number of rotatable bonds is 8. The van der Waals surface area contributed by atoms with Crippen molar-refractivity contribution >= 4 is 23.5 Å². The minimum Gasteiger partial charge on any atom is -0.357 e. The van der Waals surface area contributed by atoms with Crippen molar-refractivity contribution in [3.05, 3.63) is 29.8 Å². The molecule has 1 fully saturated rings. The molecule has 1 aliphatic heterocycles. The SMILES string of the molecule is CCCC(=O)Nc1ccc(CN=C(NCC)NC2CCN(C(=O)CC)C2)cc1. The van der Waals surface area contributed by atoms with E-state index in [2.05, 4.69) is 20.9 Å². The van der Waals surface area contributed by atoms with Gasteiger partial charge >= 0.3 is 0 Å². The molecule has 28 heavy (non-hydrogen) atoms. The zero-order valence-corrected chi connectivity index (χ0v) is 17.3. The molecule has 2 rings (SSSR count). The van der Waals surface area contributed by atoms with Gasteiger partial charge in [0.1, 0.15) is 0 Å². The largest absolute Gasteiger partial charge is 0.357 e. The number of anilines is 1. The first-order valence-corrected chi connectivity index (χ1v) is 10.3. The van der Waals surface area contributed by atoms with Gasteiger partial charge in [0.25, 0.3) is 0 Å². The molecular formula is C21H33N5O2. The van der Waals surface area contributed by atoms with Crippen molar-refractivity contribution in [2.24, 2.45) is 4.99 Å². The Morgan fingerprint density at radius 3 is 2.57 bits per heavy atom. The maximum absolute atomic E-state index is 11.8. The third-order valence-corrected chi connectivity index (χ3v) is 4.66. The number of hydrogen-bond acceptors (Lipinski definition) is 3. The summed E-state index contributed by atoms with van der Waals surface area (Å²) in [7, 11) is 0. The Morgan fingerprint density at radius 2 is 1.93 bits per heavy atom. The minimum absolute atomic E-state index is 0.0408. The zero-order valence-electron chi connectivity index (χ0n) is 17.3. The van der Waals surface area contributed by atoms with Gasteiger partial charge in [-0.2, -0.15) is 0 Å². The van der Waals surface area contributed by atoms with Gasteiger partial charge in [-0.3, -0.25) is 9.59 Å². The molecule has 1 unspecified atom stereocenters. The van der Waals surface area contributed by atoms with Gasteiger partial charge in [-0.1, -0.05) is 26.0 Å². The van der Waals surface area contributed by atoms with Crippen LogP contribution in [0.3, 0.4) is 0 Å². The summed E-state index contributed by atoms with van der Waals surface area (Å²) in [5.41, 5.74) is 1.88. The molecule has 1 saturated heterocycles. The topological polar surface area (TPSA) is 85.8 Å². The highest BCUT2D eigenvalue weighted by Crippen LogP contribution is 2.12. The second-order valence-electron chi connectivity index (χ2n) is 7.01. The molecule has 1 aromatic rings. The molecule has 3 N–H and O–H groups in total. The first-order valence-electron chi connectivity index (χ1n) is 10.3. The van der Waals surface area contributed by atoms with Crippen molar-refractivity contribution in [2.45, 2.75) is 59.0 Å². The lowest BCUT2D eigenvalue weighted by Crippen LogP contribution is -2.45. The average Bonchev–Trinajstić information content (AvgIpc) is 3.15. The lowest BCUT2D eigenvalue weighted by atomic mass is 10.2. The van der Waals surface area contributed by atoms with Crippen LogP contribution in [0.4, 0.5) is 5.69 Å². The first-order chi connectivity index (χ1) is 13.5. The molecule has 7 nitrogen and oxygen atoms in total. The molecule has 154 valence electrons. The van der Waals surface area contributed by atoms with Crippen LogP contribution in [0.2, 0.25) is 0 Å². The van der Waals surface area contributed by atoms with Crippen molar-refractivity contribution in [3.8, 4) is 0 Å². The second-order valence-corrected chi connectivity index (χ2v) is 7.01. The van der Waals surface area contributed by atoms with E-state index in [0.717, 1.165) is 49.7 Å². The maximum Gasteiger partial charge on any atom is 0.224 e. The number of benzene rings is 1. The number of amides is 2. The van der Waals surface area contributed by atoms with Crippen LogP contribution >= 0.6 is 0 Å². The Labute approximate surface area is 168 Å². The molecule has 0 radical (unpaired) electrons. The van der Waals surface area contributed by atoms with Gasteiger partial charge in [0.15, 0.2) is 5.96 Å². The van der Waals surface area contributed by atoms with Crippen LogP contribution in [0.5, 0.6) is 0 Å². The molecule has 1 atom stereocenters. The molecule has 1 aliphatic rings. The van der Waals surface area contributed by atoms with Crippen LogP contribution in [0, 0.1) is 0 Å². The monoisotopic (exact) mass is 387 g/mol. The Morgan fingerprint density at radius 1 is 1.18 bits per heavy atom. The van der Waals surface area contributed by atoms with Crippen LogP contribution in [-0.2, 0) is 16.1 Å². The van der Waals surface area contributed by atoms with E-state index in [4.69, 9.17) is 0 Å². The highest BCUT2D eigenvalue weighted by Gasteiger charge is 2.25. The molecule has 0 aromatic heterocycles. The molecular weight excluding hydrogens is 354 g/mol. The predicted octanol–water partition coefficient (Wildman–Crippen LogP) is 2.49. The van der Waals surface area contributed by atoms with Crippen molar-refractivity contribution in [3.63, 3.8) is 0 Å². The van der Waals surface area contributed by atoms with E-state index >= 15 is 0 Å². The summed E-state index contributed by atoms with van der Waals surface area (Å²) in [5.74, 6) is 1.01. The lowest BCUT2D eigenvalue weighted by molar-refractivity contribution is -0.129. The molecule has 0 saturated carbocycles. The molecule has 0 spiro atoms. The Balaban J connectivity index is 1.90. The predicted molar refractivity (Wildman–Crippen MR) is 113 cm³/mol. The lowest BCUT2D eigenvalue weighted by Gasteiger charge is -2.18. The van der Waals surface area contributed by atoms with Crippen molar-refractivity contribution in [1.82, 2.24) is 15.5 Å². The number of carbonyl (C=O) groups excluding carboxylic acids is 2. The van der Waals surface area contributed by atoms with Crippen molar-refractivity contribution in [1.29, 1.82) is 0 Å². The number of nitrogens with one attached hydrogen (secondary N) is 3. The van der Waals surface area contributed by atoms with E-state index in [1.165, 1.54) is 0 Å². The van der Waals surface area contributed by atoms with E-state index in [1.807, 2.05) is 49.9 Å². The summed E-state index contributed by atoms with van der Waals surface area (Å²) in [6.07, 6.45) is 2.86. The number of aliphatic imine (C=N–C) groups is 1. The molecule has 0 bridgehead atoms. The second kappa shape index (κ2) is 11.3. The standard InChI is InChI=1S/C21H33N5O2/c1-4-7-19(27)24-17-10-8-16(9-11-17)14-23-21(22-6-3)25-18-12-13-26(15-18)20(28)5-2/h8-11,18H,4-7,12-15H2,1-3H3,(H,24,27)(H2,22,23,25). The van der Waals surface area contributed by atoms with Crippen LogP contribution < -0.4 is 16.0 Å². The van der Waals surface area contributed by atoms with Gasteiger partial charge in [0, 0.05) is 44.2 Å². The molecule has 2 amide bonds. The third-order valence-electron chi connectivity index (χ3n) is 4.66. The van der Waals surface area contributed by atoms with Gasteiger partial charge in [-0.25, -0.2) is 4.99 Å². The minimum atomic E-state index is 0.0408. The third kappa shape index (κ3) is 6.87. The van der Waals surface area contributed by atoms with Gasteiger partial charge in [-0.05, 0) is 37.5 Å². The summed E-state index contributed by atoms with van der Waals surface area (Å²) in [6.45, 7) is 8.77. The van der Waals surface area contributed by atoms with E-state index < -0.39 is 0 Å². The Bertz CT molecular complexity index is 672. The Kier molecular flexibility index (Phi) is 8.78. The maximum atomic E-state index is 11.8. The van der Waals surface area contributed by atoms with Crippen molar-refractivity contribution in [2.75, 3.05) is 25.0 Å². The number of nitrogens with zero attached hydrogens (tertiary/aromatic N) is 2. The van der Waals surface area contributed by atoms with Gasteiger partial charge in [-0.15, -0.1) is 0 Å². The number of guanidine groups is 1. The summed E-state index contributed by atoms with van der Waals surface area (Å²) in [6, 6.07) is 8.00. The molecule has 7 heteroatoms. The summed E-state index contributed by atoms with van der Waals surface area (Å²) < 4.78 is 0. The molecule has 1 aromatic carbocycles. The van der Waals surface area contributed by atoms with Crippen LogP contribution in [0.25, 0.3) is 0 Å². The van der Waals surface area contributed by atoms with Crippen LogP contribution in [0.15, 0.2) is 29.3 Å².